The monoisotopic (exact) mass is 295 g/mol. The molecule has 0 bridgehead atoms. The lowest BCUT2D eigenvalue weighted by atomic mass is 9.94. The second-order valence-electron chi connectivity index (χ2n) is 5.66. The Morgan fingerprint density at radius 1 is 1.10 bits per heavy atom. The molecule has 1 saturated carbocycles. The quantitative estimate of drug-likeness (QED) is 0.841. The number of halogens is 1. The lowest BCUT2D eigenvalue weighted by Crippen LogP contribution is -2.44. The van der Waals surface area contributed by atoms with E-state index in [2.05, 4.69) is 12.2 Å². The molecule has 1 aliphatic carbocycles. The van der Waals surface area contributed by atoms with E-state index in [-0.39, 0.29) is 6.10 Å². The van der Waals surface area contributed by atoms with Crippen molar-refractivity contribution in [3.8, 4) is 5.75 Å². The first-order chi connectivity index (χ1) is 9.79. The van der Waals surface area contributed by atoms with Crippen LogP contribution < -0.4 is 10.1 Å². The van der Waals surface area contributed by atoms with Crippen molar-refractivity contribution in [2.45, 2.75) is 64.0 Å². The Hall–Kier alpha value is -0.730. The summed E-state index contributed by atoms with van der Waals surface area (Å²) in [7, 11) is 0. The molecule has 0 saturated heterocycles. The van der Waals surface area contributed by atoms with Crippen LogP contribution in [-0.4, -0.2) is 18.7 Å². The first kappa shape index (κ1) is 15.7. The van der Waals surface area contributed by atoms with Gasteiger partial charge < -0.3 is 10.1 Å². The molecule has 0 radical (unpaired) electrons. The molecule has 0 heterocycles. The van der Waals surface area contributed by atoms with Crippen LogP contribution in [0.5, 0.6) is 5.75 Å². The van der Waals surface area contributed by atoms with Gasteiger partial charge in [-0.1, -0.05) is 37.8 Å². The van der Waals surface area contributed by atoms with Crippen molar-refractivity contribution in [2.75, 3.05) is 6.54 Å². The number of benzene rings is 1. The van der Waals surface area contributed by atoms with Crippen LogP contribution in [0.15, 0.2) is 24.3 Å². The summed E-state index contributed by atoms with van der Waals surface area (Å²) in [5.74, 6) is 0.934. The van der Waals surface area contributed by atoms with Gasteiger partial charge in [0.25, 0.3) is 0 Å². The van der Waals surface area contributed by atoms with Crippen LogP contribution >= 0.6 is 11.6 Å². The van der Waals surface area contributed by atoms with Crippen LogP contribution in [0, 0.1) is 0 Å². The second-order valence-corrected chi connectivity index (χ2v) is 6.10. The average molecular weight is 296 g/mol. The van der Waals surface area contributed by atoms with E-state index in [4.69, 9.17) is 16.3 Å². The summed E-state index contributed by atoms with van der Waals surface area (Å²) in [6.07, 6.45) is 9.08. The molecule has 1 aromatic carbocycles. The average Bonchev–Trinajstić information content (AvgIpc) is 2.44. The Kier molecular flexibility index (Phi) is 6.68. The third kappa shape index (κ3) is 4.99. The third-order valence-electron chi connectivity index (χ3n) is 3.96. The van der Waals surface area contributed by atoms with Crippen LogP contribution in [0.2, 0.25) is 5.02 Å². The SMILES string of the molecule is CCCNC1CCCCCCC1Oc1ccc(Cl)cc1. The smallest absolute Gasteiger partial charge is 0.119 e. The molecule has 1 aliphatic rings. The van der Waals surface area contributed by atoms with Gasteiger partial charge in [-0.05, 0) is 56.5 Å². The molecular formula is C17H26ClNO. The van der Waals surface area contributed by atoms with E-state index in [9.17, 15) is 0 Å². The molecule has 2 unspecified atom stereocenters. The molecule has 0 spiro atoms. The van der Waals surface area contributed by atoms with Gasteiger partial charge in [-0.15, -0.1) is 0 Å². The third-order valence-corrected chi connectivity index (χ3v) is 4.21. The fourth-order valence-corrected chi connectivity index (χ4v) is 2.97. The zero-order valence-corrected chi connectivity index (χ0v) is 13.2. The van der Waals surface area contributed by atoms with Gasteiger partial charge in [0, 0.05) is 11.1 Å². The molecule has 0 aromatic heterocycles. The molecule has 1 fully saturated rings. The molecule has 0 amide bonds. The Morgan fingerprint density at radius 3 is 2.50 bits per heavy atom. The van der Waals surface area contributed by atoms with Gasteiger partial charge >= 0.3 is 0 Å². The molecule has 20 heavy (non-hydrogen) atoms. The van der Waals surface area contributed by atoms with Gasteiger partial charge in [-0.2, -0.15) is 0 Å². The zero-order valence-electron chi connectivity index (χ0n) is 12.4. The highest BCUT2D eigenvalue weighted by Gasteiger charge is 2.23. The highest BCUT2D eigenvalue weighted by Crippen LogP contribution is 2.24. The number of nitrogens with one attached hydrogen (secondary N) is 1. The highest BCUT2D eigenvalue weighted by atomic mass is 35.5. The predicted octanol–water partition coefficient (Wildman–Crippen LogP) is 4.81. The van der Waals surface area contributed by atoms with Crippen molar-refractivity contribution >= 4 is 11.6 Å². The van der Waals surface area contributed by atoms with Crippen LogP contribution in [0.4, 0.5) is 0 Å². The van der Waals surface area contributed by atoms with E-state index in [0.29, 0.717) is 6.04 Å². The molecule has 1 aromatic rings. The summed E-state index contributed by atoms with van der Waals surface area (Å²) < 4.78 is 6.23. The fourth-order valence-electron chi connectivity index (χ4n) is 2.84. The second kappa shape index (κ2) is 8.53. The van der Waals surface area contributed by atoms with Gasteiger partial charge in [-0.25, -0.2) is 0 Å². The Bertz CT molecular complexity index is 377. The largest absolute Gasteiger partial charge is 0.489 e. The van der Waals surface area contributed by atoms with Crippen molar-refractivity contribution in [3.63, 3.8) is 0 Å². The van der Waals surface area contributed by atoms with E-state index in [1.54, 1.807) is 0 Å². The molecule has 3 heteroatoms. The van der Waals surface area contributed by atoms with Gasteiger partial charge in [0.05, 0.1) is 0 Å². The Morgan fingerprint density at radius 2 is 1.80 bits per heavy atom. The van der Waals surface area contributed by atoms with Crippen molar-refractivity contribution in [1.82, 2.24) is 5.32 Å². The first-order valence-corrected chi connectivity index (χ1v) is 8.33. The number of hydrogen-bond donors (Lipinski definition) is 1. The van der Waals surface area contributed by atoms with E-state index in [1.165, 1.54) is 38.5 Å². The van der Waals surface area contributed by atoms with E-state index in [0.717, 1.165) is 23.7 Å². The van der Waals surface area contributed by atoms with Gasteiger partial charge in [-0.3, -0.25) is 0 Å². The predicted molar refractivity (Wildman–Crippen MR) is 85.7 cm³/mol. The summed E-state index contributed by atoms with van der Waals surface area (Å²) in [5, 5.41) is 4.43. The zero-order chi connectivity index (χ0) is 14.2. The molecule has 112 valence electrons. The molecule has 2 nitrogen and oxygen atoms in total. The maximum atomic E-state index is 6.23. The molecule has 0 aliphatic heterocycles. The van der Waals surface area contributed by atoms with Crippen LogP contribution in [0.25, 0.3) is 0 Å². The molecular weight excluding hydrogens is 270 g/mol. The van der Waals surface area contributed by atoms with E-state index in [1.807, 2.05) is 24.3 Å². The van der Waals surface area contributed by atoms with Crippen molar-refractivity contribution in [3.05, 3.63) is 29.3 Å². The minimum Gasteiger partial charge on any atom is -0.489 e. The summed E-state index contributed by atoms with van der Waals surface area (Å²) in [6.45, 7) is 3.29. The van der Waals surface area contributed by atoms with Crippen molar-refractivity contribution < 1.29 is 4.74 Å². The highest BCUT2D eigenvalue weighted by molar-refractivity contribution is 6.30. The Balaban J connectivity index is 1.99. The lowest BCUT2D eigenvalue weighted by molar-refractivity contribution is 0.127. The number of ether oxygens (including phenoxy) is 1. The Labute approximate surface area is 127 Å². The maximum Gasteiger partial charge on any atom is 0.119 e. The maximum absolute atomic E-state index is 6.23. The first-order valence-electron chi connectivity index (χ1n) is 7.95. The van der Waals surface area contributed by atoms with Crippen LogP contribution in [-0.2, 0) is 0 Å². The molecule has 1 N–H and O–H groups in total. The van der Waals surface area contributed by atoms with Gasteiger partial charge in [0.1, 0.15) is 11.9 Å². The summed E-state index contributed by atoms with van der Waals surface area (Å²) in [5.41, 5.74) is 0. The van der Waals surface area contributed by atoms with Crippen molar-refractivity contribution in [1.29, 1.82) is 0 Å². The molecule has 2 rings (SSSR count). The van der Waals surface area contributed by atoms with Gasteiger partial charge in [0.15, 0.2) is 0 Å². The standard InChI is InChI=1S/C17H26ClNO/c1-2-13-19-16-7-5-3-4-6-8-17(16)20-15-11-9-14(18)10-12-15/h9-12,16-17,19H,2-8,13H2,1H3. The normalized spacial score (nSPS) is 23.9. The van der Waals surface area contributed by atoms with Gasteiger partial charge in [0.2, 0.25) is 0 Å². The minimum absolute atomic E-state index is 0.281. The van der Waals surface area contributed by atoms with Crippen LogP contribution in [0.3, 0.4) is 0 Å². The minimum atomic E-state index is 0.281. The van der Waals surface area contributed by atoms with Crippen LogP contribution in [0.1, 0.15) is 51.9 Å². The lowest BCUT2D eigenvalue weighted by Gasteiger charge is -2.30. The van der Waals surface area contributed by atoms with Crippen molar-refractivity contribution in [2.24, 2.45) is 0 Å². The van der Waals surface area contributed by atoms with E-state index >= 15 is 0 Å². The number of rotatable bonds is 5. The molecule has 2 atom stereocenters. The van der Waals surface area contributed by atoms with E-state index < -0.39 is 0 Å². The topological polar surface area (TPSA) is 21.3 Å². The summed E-state index contributed by atoms with van der Waals surface area (Å²) in [4.78, 5) is 0. The summed E-state index contributed by atoms with van der Waals surface area (Å²) in [6, 6.07) is 8.21. The fraction of sp³-hybridized carbons (Fsp3) is 0.647. The number of hydrogen-bond acceptors (Lipinski definition) is 2. The summed E-state index contributed by atoms with van der Waals surface area (Å²) >= 11 is 5.93.